The molecule has 4 heterocycles. The first-order valence-electron chi connectivity index (χ1n) is 14.2. The first-order chi connectivity index (χ1) is 19.1. The number of nitrogens with zero attached hydrogens (tertiary/aromatic N) is 2. The lowest BCUT2D eigenvalue weighted by Crippen LogP contribution is -2.49. The molecular formula is C30H38F3N3O4. The molecule has 0 spiro atoms. The molecule has 0 unspecified atom stereocenters. The third-order valence-corrected chi connectivity index (χ3v) is 8.35. The van der Waals surface area contributed by atoms with Gasteiger partial charge in [-0.3, -0.25) is 9.69 Å². The molecule has 0 amide bonds. The van der Waals surface area contributed by atoms with Gasteiger partial charge in [0.1, 0.15) is 23.3 Å². The van der Waals surface area contributed by atoms with E-state index in [0.29, 0.717) is 38.0 Å². The normalized spacial score (nSPS) is 21.4. The van der Waals surface area contributed by atoms with Crippen LogP contribution in [0.1, 0.15) is 67.5 Å². The number of likely N-dealkylation sites (tertiary alicyclic amines) is 1. The fraction of sp³-hybridized carbons (Fsp3) is 0.600. The van der Waals surface area contributed by atoms with E-state index in [1.54, 1.807) is 0 Å². The predicted molar refractivity (Wildman–Crippen MR) is 144 cm³/mol. The molecule has 5 rings (SSSR count). The topological polar surface area (TPSA) is 83.9 Å². The Bertz CT molecular complexity index is 1210. The van der Waals surface area contributed by atoms with Crippen molar-refractivity contribution in [1.82, 2.24) is 9.88 Å². The maximum absolute atomic E-state index is 15.3. The van der Waals surface area contributed by atoms with Crippen LogP contribution in [0.3, 0.4) is 0 Å². The van der Waals surface area contributed by atoms with E-state index in [0.717, 1.165) is 30.9 Å². The van der Waals surface area contributed by atoms with Crippen molar-refractivity contribution in [1.29, 1.82) is 0 Å². The van der Waals surface area contributed by atoms with Gasteiger partial charge in [0, 0.05) is 31.1 Å². The quantitative estimate of drug-likeness (QED) is 0.337. The predicted octanol–water partition coefficient (Wildman–Crippen LogP) is 5.38. The van der Waals surface area contributed by atoms with Crippen LogP contribution in [0.4, 0.5) is 19.0 Å². The third kappa shape index (κ3) is 6.61. The number of alkyl halides is 2. The standard InChI is InChI=1S/C30H38F3N3O4/c1-29(18-39-19-29)40-17-21-7-9-23(31)15-25(21)26(28(37)38)36-14-11-22(16-36)30(32,33)12-3-2-6-24-10-8-20-5-4-13-34-27(20)35-24/h7-10,15,22,26H,2-6,11-14,16-19H2,1H3,(H,34,35)(H,37,38)/t22-,26+/m1/s1. The van der Waals surface area contributed by atoms with Gasteiger partial charge in [0.15, 0.2) is 0 Å². The Hall–Kier alpha value is -2.69. The van der Waals surface area contributed by atoms with Gasteiger partial charge in [0.05, 0.1) is 19.8 Å². The molecule has 3 aliphatic heterocycles. The molecule has 3 aliphatic rings. The number of unbranched alkanes of at least 4 members (excludes halogenated alkanes) is 1. The summed E-state index contributed by atoms with van der Waals surface area (Å²) in [5.74, 6) is -4.74. The highest BCUT2D eigenvalue weighted by Gasteiger charge is 2.46. The van der Waals surface area contributed by atoms with Crippen LogP contribution in [0.5, 0.6) is 0 Å². The molecule has 0 radical (unpaired) electrons. The highest BCUT2D eigenvalue weighted by atomic mass is 19.3. The van der Waals surface area contributed by atoms with Gasteiger partial charge in [-0.25, -0.2) is 18.2 Å². The van der Waals surface area contributed by atoms with E-state index in [2.05, 4.69) is 16.4 Å². The number of pyridine rings is 1. The SMILES string of the molecule is CC1(OCc2ccc(F)cc2[C@@H](C(=O)O)N2CC[C@@H](C(F)(F)CCCCc3ccc4c(n3)NCCC4)C2)COC1. The zero-order valence-electron chi connectivity index (χ0n) is 22.9. The zero-order chi connectivity index (χ0) is 28.3. The molecule has 7 nitrogen and oxygen atoms in total. The molecule has 10 heteroatoms. The number of ether oxygens (including phenoxy) is 2. The Balaban J connectivity index is 1.18. The number of aryl methyl sites for hydroxylation is 2. The monoisotopic (exact) mass is 561 g/mol. The summed E-state index contributed by atoms with van der Waals surface area (Å²) in [6, 6.07) is 6.78. The van der Waals surface area contributed by atoms with Crippen LogP contribution in [0.25, 0.3) is 0 Å². The number of hydrogen-bond donors (Lipinski definition) is 2. The number of carboxylic acid groups (broad SMARTS) is 1. The van der Waals surface area contributed by atoms with Crippen molar-refractivity contribution in [2.45, 2.75) is 76.0 Å². The number of rotatable bonds is 12. The van der Waals surface area contributed by atoms with Crippen LogP contribution in [0.2, 0.25) is 0 Å². The Morgan fingerprint density at radius 1 is 1.30 bits per heavy atom. The van der Waals surface area contributed by atoms with Crippen molar-refractivity contribution in [3.63, 3.8) is 0 Å². The number of nitrogens with one attached hydrogen (secondary N) is 1. The van der Waals surface area contributed by atoms with Crippen molar-refractivity contribution >= 4 is 11.8 Å². The second-order valence-corrected chi connectivity index (χ2v) is 11.6. The van der Waals surface area contributed by atoms with Crippen molar-refractivity contribution in [2.75, 3.05) is 38.2 Å². The lowest BCUT2D eigenvalue weighted by molar-refractivity contribution is -0.204. The molecule has 2 N–H and O–H groups in total. The van der Waals surface area contributed by atoms with Crippen LogP contribution in [0.15, 0.2) is 30.3 Å². The molecule has 0 aliphatic carbocycles. The van der Waals surface area contributed by atoms with Crippen LogP contribution >= 0.6 is 0 Å². The van der Waals surface area contributed by atoms with Crippen molar-refractivity contribution in [3.8, 4) is 0 Å². The van der Waals surface area contributed by atoms with E-state index in [1.807, 2.05) is 13.0 Å². The lowest BCUT2D eigenvalue weighted by Gasteiger charge is -2.38. The summed E-state index contributed by atoms with van der Waals surface area (Å²) in [5, 5.41) is 13.4. The minimum absolute atomic E-state index is 0.0651. The molecular weight excluding hydrogens is 523 g/mol. The Morgan fingerprint density at radius 3 is 2.88 bits per heavy atom. The van der Waals surface area contributed by atoms with Crippen molar-refractivity contribution in [3.05, 3.63) is 58.5 Å². The molecule has 0 saturated carbocycles. The molecule has 1 aromatic carbocycles. The smallest absolute Gasteiger partial charge is 0.325 e. The zero-order valence-corrected chi connectivity index (χ0v) is 22.9. The van der Waals surface area contributed by atoms with Gasteiger partial charge < -0.3 is 19.9 Å². The van der Waals surface area contributed by atoms with Gasteiger partial charge in [-0.2, -0.15) is 0 Å². The molecule has 2 saturated heterocycles. The largest absolute Gasteiger partial charge is 0.480 e. The van der Waals surface area contributed by atoms with Gasteiger partial charge >= 0.3 is 5.97 Å². The Labute approximate surface area is 233 Å². The molecule has 40 heavy (non-hydrogen) atoms. The molecule has 2 fully saturated rings. The summed E-state index contributed by atoms with van der Waals surface area (Å²) in [7, 11) is 0. The number of aromatic nitrogens is 1. The molecule has 2 aromatic rings. The van der Waals surface area contributed by atoms with Gasteiger partial charge in [-0.05, 0) is 86.9 Å². The average Bonchev–Trinajstić information content (AvgIpc) is 3.40. The van der Waals surface area contributed by atoms with E-state index in [-0.39, 0.29) is 38.1 Å². The maximum atomic E-state index is 15.3. The summed E-state index contributed by atoms with van der Waals surface area (Å²) in [4.78, 5) is 18.6. The van der Waals surface area contributed by atoms with Gasteiger partial charge in [0.2, 0.25) is 0 Å². The lowest BCUT2D eigenvalue weighted by atomic mass is 9.94. The van der Waals surface area contributed by atoms with Crippen LogP contribution < -0.4 is 5.32 Å². The second kappa shape index (κ2) is 12.0. The minimum Gasteiger partial charge on any atom is -0.480 e. The Kier molecular flexibility index (Phi) is 8.68. The first-order valence-corrected chi connectivity index (χ1v) is 14.2. The van der Waals surface area contributed by atoms with Gasteiger partial charge in [-0.15, -0.1) is 0 Å². The number of aliphatic carboxylic acids is 1. The fourth-order valence-corrected chi connectivity index (χ4v) is 5.91. The summed E-state index contributed by atoms with van der Waals surface area (Å²) >= 11 is 0. The molecule has 1 aromatic heterocycles. The number of anilines is 1. The second-order valence-electron chi connectivity index (χ2n) is 11.6. The van der Waals surface area contributed by atoms with Crippen molar-refractivity contribution in [2.24, 2.45) is 5.92 Å². The first kappa shape index (κ1) is 28.8. The van der Waals surface area contributed by atoms with Crippen LogP contribution in [-0.2, 0) is 33.7 Å². The van der Waals surface area contributed by atoms with E-state index in [9.17, 15) is 14.3 Å². The summed E-state index contributed by atoms with van der Waals surface area (Å²) in [6.07, 6.45) is 3.61. The number of hydrogen-bond acceptors (Lipinski definition) is 6. The van der Waals surface area contributed by atoms with Gasteiger partial charge in [0.25, 0.3) is 5.92 Å². The minimum atomic E-state index is -2.92. The third-order valence-electron chi connectivity index (χ3n) is 8.35. The number of carbonyl (C=O) groups is 1. The summed E-state index contributed by atoms with van der Waals surface area (Å²) in [5.41, 5.74) is 2.40. The average molecular weight is 562 g/mol. The maximum Gasteiger partial charge on any atom is 0.325 e. The van der Waals surface area contributed by atoms with E-state index >= 15 is 8.78 Å². The highest BCUT2D eigenvalue weighted by molar-refractivity contribution is 5.76. The van der Waals surface area contributed by atoms with Crippen LogP contribution in [0, 0.1) is 11.7 Å². The number of fused-ring (bicyclic) bond motifs is 1. The molecule has 2 atom stereocenters. The number of halogens is 3. The fourth-order valence-electron chi connectivity index (χ4n) is 5.91. The van der Waals surface area contributed by atoms with Crippen molar-refractivity contribution < 1.29 is 32.5 Å². The number of benzene rings is 1. The van der Waals surface area contributed by atoms with Crippen LogP contribution in [-0.4, -0.2) is 65.3 Å². The summed E-state index contributed by atoms with van der Waals surface area (Å²) < 4.78 is 55.9. The Morgan fingerprint density at radius 2 is 2.12 bits per heavy atom. The summed E-state index contributed by atoms with van der Waals surface area (Å²) in [6.45, 7) is 3.87. The molecule has 218 valence electrons. The highest BCUT2D eigenvalue weighted by Crippen LogP contribution is 2.40. The van der Waals surface area contributed by atoms with E-state index < -0.39 is 35.3 Å². The molecule has 0 bridgehead atoms. The number of carboxylic acids is 1. The van der Waals surface area contributed by atoms with Gasteiger partial charge in [-0.1, -0.05) is 12.1 Å². The van der Waals surface area contributed by atoms with E-state index in [1.165, 1.54) is 28.7 Å². The van der Waals surface area contributed by atoms with E-state index in [4.69, 9.17) is 9.47 Å².